The second kappa shape index (κ2) is 7.98. The highest BCUT2D eigenvalue weighted by Crippen LogP contribution is 2.29. The molecule has 0 aliphatic heterocycles. The molecule has 0 aliphatic carbocycles. The molecule has 0 bridgehead atoms. The predicted octanol–water partition coefficient (Wildman–Crippen LogP) is 3.91. The Morgan fingerprint density at radius 1 is 1.04 bits per heavy atom. The third-order valence-corrected chi connectivity index (χ3v) is 3.67. The summed E-state index contributed by atoms with van der Waals surface area (Å²) >= 11 is 0. The van der Waals surface area contributed by atoms with Crippen molar-refractivity contribution in [2.75, 3.05) is 18.1 Å². The Bertz CT molecular complexity index is 878. The van der Waals surface area contributed by atoms with Crippen molar-refractivity contribution < 1.29 is 18.9 Å². The molecular formula is C19H16N2O5. The normalized spacial score (nSPS) is 10.3. The number of benzene rings is 2. The number of para-hydroxylation sites is 3. The summed E-state index contributed by atoms with van der Waals surface area (Å²) in [5.74, 6) is 0.282. The average molecular weight is 352 g/mol. The summed E-state index contributed by atoms with van der Waals surface area (Å²) in [6.07, 6.45) is 1.38. The molecule has 3 aromatic rings. The van der Waals surface area contributed by atoms with Crippen molar-refractivity contribution in [3.8, 4) is 5.75 Å². The van der Waals surface area contributed by atoms with Crippen LogP contribution in [0.5, 0.6) is 5.75 Å². The van der Waals surface area contributed by atoms with Crippen LogP contribution in [-0.4, -0.2) is 24.0 Å². The SMILES string of the molecule is O=C(c1ccco1)N(CCOc1ccccc1)c1ccccc1[N+](=O)[O-]. The van der Waals surface area contributed by atoms with Crippen LogP contribution in [0.25, 0.3) is 0 Å². The van der Waals surface area contributed by atoms with Crippen LogP contribution in [0.15, 0.2) is 77.4 Å². The summed E-state index contributed by atoms with van der Waals surface area (Å²) in [7, 11) is 0. The molecule has 1 amide bonds. The molecule has 0 radical (unpaired) electrons. The van der Waals surface area contributed by atoms with Gasteiger partial charge in [-0.05, 0) is 30.3 Å². The second-order valence-electron chi connectivity index (χ2n) is 5.34. The maximum atomic E-state index is 12.8. The third kappa shape index (κ3) is 3.89. The van der Waals surface area contributed by atoms with E-state index in [-0.39, 0.29) is 30.3 Å². The lowest BCUT2D eigenvalue weighted by molar-refractivity contribution is -0.384. The Kier molecular flexibility index (Phi) is 5.28. The third-order valence-electron chi connectivity index (χ3n) is 3.67. The van der Waals surface area contributed by atoms with Gasteiger partial charge in [-0.2, -0.15) is 0 Å². The molecule has 1 aromatic heterocycles. The molecule has 0 N–H and O–H groups in total. The number of rotatable bonds is 7. The molecule has 0 aliphatic rings. The zero-order valence-corrected chi connectivity index (χ0v) is 13.8. The monoisotopic (exact) mass is 352 g/mol. The molecule has 3 rings (SSSR count). The summed E-state index contributed by atoms with van der Waals surface area (Å²) in [6, 6.07) is 18.3. The summed E-state index contributed by atoms with van der Waals surface area (Å²) < 4.78 is 10.8. The van der Waals surface area contributed by atoms with E-state index in [1.807, 2.05) is 18.2 Å². The van der Waals surface area contributed by atoms with Gasteiger partial charge in [-0.25, -0.2) is 0 Å². The molecule has 0 fully saturated rings. The molecular weight excluding hydrogens is 336 g/mol. The van der Waals surface area contributed by atoms with Crippen molar-refractivity contribution in [1.29, 1.82) is 0 Å². The van der Waals surface area contributed by atoms with Crippen LogP contribution in [0.3, 0.4) is 0 Å². The van der Waals surface area contributed by atoms with E-state index in [1.54, 1.807) is 30.3 Å². The average Bonchev–Trinajstić information content (AvgIpc) is 3.20. The Hall–Kier alpha value is -3.61. The van der Waals surface area contributed by atoms with Crippen LogP contribution < -0.4 is 9.64 Å². The van der Waals surface area contributed by atoms with Gasteiger partial charge in [0.05, 0.1) is 17.7 Å². The Morgan fingerprint density at radius 3 is 2.46 bits per heavy atom. The lowest BCUT2D eigenvalue weighted by atomic mass is 10.2. The zero-order chi connectivity index (χ0) is 18.4. The topological polar surface area (TPSA) is 85.8 Å². The number of nitro groups is 1. The van der Waals surface area contributed by atoms with Gasteiger partial charge in [-0.3, -0.25) is 19.8 Å². The molecule has 7 heteroatoms. The fourth-order valence-corrected chi connectivity index (χ4v) is 2.48. The number of nitrogens with zero attached hydrogens (tertiary/aromatic N) is 2. The van der Waals surface area contributed by atoms with Gasteiger partial charge in [0.1, 0.15) is 18.0 Å². The van der Waals surface area contributed by atoms with Crippen LogP contribution in [0.4, 0.5) is 11.4 Å². The van der Waals surface area contributed by atoms with E-state index in [9.17, 15) is 14.9 Å². The van der Waals surface area contributed by atoms with Gasteiger partial charge in [-0.15, -0.1) is 0 Å². The van der Waals surface area contributed by atoms with Gasteiger partial charge in [-0.1, -0.05) is 30.3 Å². The van der Waals surface area contributed by atoms with Crippen LogP contribution in [0.1, 0.15) is 10.6 Å². The summed E-state index contributed by atoms with van der Waals surface area (Å²) in [5.41, 5.74) is 0.0303. The number of ether oxygens (including phenoxy) is 1. The number of carbonyl (C=O) groups is 1. The number of amides is 1. The van der Waals surface area contributed by atoms with Crippen molar-refractivity contribution in [3.05, 3.63) is 88.9 Å². The van der Waals surface area contributed by atoms with E-state index in [1.165, 1.54) is 29.4 Å². The van der Waals surface area contributed by atoms with Crippen molar-refractivity contribution in [1.82, 2.24) is 0 Å². The summed E-state index contributed by atoms with van der Waals surface area (Å²) in [5, 5.41) is 11.3. The fraction of sp³-hybridized carbons (Fsp3) is 0.105. The van der Waals surface area contributed by atoms with E-state index < -0.39 is 10.8 Å². The van der Waals surface area contributed by atoms with Gasteiger partial charge in [0, 0.05) is 6.07 Å². The minimum absolute atomic E-state index is 0.0999. The standard InChI is InChI=1S/C19H16N2O5/c22-19(18-11-6-13-26-18)20(12-14-25-15-7-2-1-3-8-15)16-9-4-5-10-17(16)21(23)24/h1-11,13H,12,14H2. The smallest absolute Gasteiger partial charge is 0.294 e. The highest BCUT2D eigenvalue weighted by atomic mass is 16.6. The molecule has 0 saturated carbocycles. The first-order chi connectivity index (χ1) is 12.7. The number of hydrogen-bond acceptors (Lipinski definition) is 5. The lowest BCUT2D eigenvalue weighted by Gasteiger charge is -2.21. The fourth-order valence-electron chi connectivity index (χ4n) is 2.48. The number of nitro benzene ring substituents is 1. The number of carbonyl (C=O) groups excluding carboxylic acids is 1. The molecule has 0 unspecified atom stereocenters. The van der Waals surface area contributed by atoms with E-state index in [2.05, 4.69) is 0 Å². The van der Waals surface area contributed by atoms with Crippen LogP contribution >= 0.6 is 0 Å². The van der Waals surface area contributed by atoms with Gasteiger partial charge < -0.3 is 9.15 Å². The minimum atomic E-state index is -0.518. The highest BCUT2D eigenvalue weighted by Gasteiger charge is 2.26. The van der Waals surface area contributed by atoms with Crippen molar-refractivity contribution in [3.63, 3.8) is 0 Å². The molecule has 0 spiro atoms. The largest absolute Gasteiger partial charge is 0.492 e. The van der Waals surface area contributed by atoms with Gasteiger partial charge in [0.15, 0.2) is 5.76 Å². The Balaban J connectivity index is 1.85. The van der Waals surface area contributed by atoms with Crippen molar-refractivity contribution in [2.24, 2.45) is 0 Å². The quantitative estimate of drug-likeness (QED) is 0.475. The van der Waals surface area contributed by atoms with Gasteiger partial charge >= 0.3 is 0 Å². The first-order valence-corrected chi connectivity index (χ1v) is 7.93. The van der Waals surface area contributed by atoms with Crippen molar-refractivity contribution in [2.45, 2.75) is 0 Å². The predicted molar refractivity (Wildman–Crippen MR) is 95.4 cm³/mol. The van der Waals surface area contributed by atoms with Gasteiger partial charge in [0.25, 0.3) is 11.6 Å². The molecule has 0 saturated heterocycles. The lowest BCUT2D eigenvalue weighted by Crippen LogP contribution is -2.35. The van der Waals surface area contributed by atoms with E-state index >= 15 is 0 Å². The maximum Gasteiger partial charge on any atom is 0.294 e. The number of hydrogen-bond donors (Lipinski definition) is 0. The molecule has 1 heterocycles. The Morgan fingerprint density at radius 2 is 1.77 bits per heavy atom. The minimum Gasteiger partial charge on any atom is -0.492 e. The molecule has 0 atom stereocenters. The molecule has 132 valence electrons. The maximum absolute atomic E-state index is 12.8. The van der Waals surface area contributed by atoms with E-state index in [4.69, 9.17) is 9.15 Å². The molecule has 7 nitrogen and oxygen atoms in total. The molecule has 2 aromatic carbocycles. The van der Waals surface area contributed by atoms with Gasteiger partial charge in [0.2, 0.25) is 0 Å². The zero-order valence-electron chi connectivity index (χ0n) is 13.8. The summed E-state index contributed by atoms with van der Waals surface area (Å²) in [6.45, 7) is 0.293. The number of furan rings is 1. The summed E-state index contributed by atoms with van der Waals surface area (Å²) in [4.78, 5) is 24.9. The van der Waals surface area contributed by atoms with Crippen LogP contribution in [-0.2, 0) is 0 Å². The highest BCUT2D eigenvalue weighted by molar-refractivity contribution is 6.05. The van der Waals surface area contributed by atoms with E-state index in [0.29, 0.717) is 5.75 Å². The number of anilines is 1. The Labute approximate surface area is 149 Å². The second-order valence-corrected chi connectivity index (χ2v) is 5.34. The first-order valence-electron chi connectivity index (χ1n) is 7.93. The first kappa shape index (κ1) is 17.2. The van der Waals surface area contributed by atoms with Crippen LogP contribution in [0.2, 0.25) is 0 Å². The van der Waals surface area contributed by atoms with E-state index in [0.717, 1.165) is 0 Å². The molecule has 26 heavy (non-hydrogen) atoms. The van der Waals surface area contributed by atoms with Crippen molar-refractivity contribution >= 4 is 17.3 Å². The van der Waals surface area contributed by atoms with Crippen LogP contribution in [0, 0.1) is 10.1 Å².